The van der Waals surface area contributed by atoms with Crippen LogP contribution in [0.5, 0.6) is 0 Å². The van der Waals surface area contributed by atoms with Crippen LogP contribution in [0.4, 0.5) is 11.4 Å². The van der Waals surface area contributed by atoms with Gasteiger partial charge in [-0.05, 0) is 81.3 Å². The van der Waals surface area contributed by atoms with Gasteiger partial charge in [-0.15, -0.1) is 0 Å². The highest BCUT2D eigenvalue weighted by atomic mass is 32.1. The second-order valence-electron chi connectivity index (χ2n) is 6.89. The summed E-state index contributed by atoms with van der Waals surface area (Å²) in [5.41, 5.74) is 5.65. The normalized spacial score (nSPS) is 12.9. The Labute approximate surface area is 162 Å². The predicted octanol–water partition coefficient (Wildman–Crippen LogP) is 4.74. The minimum absolute atomic E-state index is 0.778. The molecule has 1 heterocycles. The molecule has 0 N–H and O–H groups in total. The second kappa shape index (κ2) is 9.63. The highest BCUT2D eigenvalue weighted by Gasteiger charge is 2.19. The van der Waals surface area contributed by atoms with Crippen LogP contribution in [0.3, 0.4) is 0 Å². The SMILES string of the molecule is CN(CCCN=C=S)CCCN1c2ccccc2CCc2ccccc21. The highest BCUT2D eigenvalue weighted by molar-refractivity contribution is 7.78. The Kier molecular flexibility index (Phi) is 6.96. The fraction of sp³-hybridized carbons (Fsp3) is 0.409. The van der Waals surface area contributed by atoms with Gasteiger partial charge in [-0.3, -0.25) is 0 Å². The summed E-state index contributed by atoms with van der Waals surface area (Å²) >= 11 is 4.61. The molecule has 0 radical (unpaired) electrons. The van der Waals surface area contributed by atoms with Gasteiger partial charge in [0.15, 0.2) is 0 Å². The van der Waals surface area contributed by atoms with Gasteiger partial charge in [0.1, 0.15) is 0 Å². The number of hydrogen-bond donors (Lipinski definition) is 0. The summed E-state index contributed by atoms with van der Waals surface area (Å²) in [5, 5.41) is 2.44. The molecule has 2 aromatic rings. The number of thiocarbonyl (C=S) groups is 1. The smallest absolute Gasteiger partial charge is 0.0584 e. The van der Waals surface area contributed by atoms with E-state index in [1.165, 1.54) is 22.5 Å². The fourth-order valence-electron chi connectivity index (χ4n) is 3.69. The third-order valence-corrected chi connectivity index (χ3v) is 5.15. The first-order chi connectivity index (χ1) is 12.8. The van der Waals surface area contributed by atoms with Gasteiger partial charge in [-0.2, -0.15) is 0 Å². The zero-order chi connectivity index (χ0) is 18.2. The van der Waals surface area contributed by atoms with E-state index in [4.69, 9.17) is 0 Å². The minimum atomic E-state index is 0.778. The number of rotatable bonds is 8. The van der Waals surface area contributed by atoms with E-state index in [0.29, 0.717) is 0 Å². The van der Waals surface area contributed by atoms with E-state index in [2.05, 4.69) is 87.7 Å². The molecule has 26 heavy (non-hydrogen) atoms. The Bertz CT molecular complexity index is 720. The van der Waals surface area contributed by atoms with Crippen molar-refractivity contribution >= 4 is 28.8 Å². The van der Waals surface area contributed by atoms with Crippen LogP contribution >= 0.6 is 12.2 Å². The van der Waals surface area contributed by atoms with Crippen LogP contribution in [-0.4, -0.2) is 43.3 Å². The standard InChI is InChI=1S/C22H27N3S/c1-24(15-6-14-23-18-26)16-7-17-25-21-10-4-2-8-19(21)12-13-20-9-3-5-11-22(20)25/h2-5,8-11H,6-7,12-17H2,1H3. The number of isothiocyanates is 1. The van der Waals surface area contributed by atoms with Crippen LogP contribution in [0.15, 0.2) is 53.5 Å². The Hall–Kier alpha value is -2.00. The van der Waals surface area contributed by atoms with E-state index in [1.54, 1.807) is 0 Å². The molecule has 136 valence electrons. The average molecular weight is 366 g/mol. The quantitative estimate of drug-likeness (QED) is 0.383. The molecule has 0 bridgehead atoms. The molecule has 0 atom stereocenters. The largest absolute Gasteiger partial charge is 0.341 e. The van der Waals surface area contributed by atoms with Crippen LogP contribution in [0.1, 0.15) is 24.0 Å². The van der Waals surface area contributed by atoms with Gasteiger partial charge in [0.25, 0.3) is 0 Å². The molecule has 1 aliphatic rings. The summed E-state index contributed by atoms with van der Waals surface area (Å²) < 4.78 is 0. The summed E-state index contributed by atoms with van der Waals surface area (Å²) in [6.45, 7) is 3.95. The van der Waals surface area contributed by atoms with Crippen molar-refractivity contribution in [1.82, 2.24) is 4.90 Å². The van der Waals surface area contributed by atoms with Gasteiger partial charge < -0.3 is 9.80 Å². The molecule has 0 saturated heterocycles. The van der Waals surface area contributed by atoms with E-state index in [1.807, 2.05) is 0 Å². The van der Waals surface area contributed by atoms with Crippen LogP contribution < -0.4 is 4.90 Å². The third-order valence-electron chi connectivity index (χ3n) is 5.02. The molecule has 0 spiro atoms. The van der Waals surface area contributed by atoms with Gasteiger partial charge >= 0.3 is 0 Å². The molecule has 3 rings (SSSR count). The van der Waals surface area contributed by atoms with Crippen molar-refractivity contribution in [3.05, 3.63) is 59.7 Å². The first kappa shape index (κ1) is 18.8. The van der Waals surface area contributed by atoms with Crippen molar-refractivity contribution in [1.29, 1.82) is 0 Å². The van der Waals surface area contributed by atoms with E-state index in [0.717, 1.165) is 51.9 Å². The Morgan fingerprint density at radius 1 is 0.962 bits per heavy atom. The van der Waals surface area contributed by atoms with E-state index in [-0.39, 0.29) is 0 Å². The summed E-state index contributed by atoms with van der Waals surface area (Å²) in [6.07, 6.45) is 4.40. The van der Waals surface area contributed by atoms with Crippen molar-refractivity contribution in [3.8, 4) is 0 Å². The van der Waals surface area contributed by atoms with Crippen molar-refractivity contribution in [2.75, 3.05) is 38.1 Å². The van der Waals surface area contributed by atoms with Crippen molar-refractivity contribution in [3.63, 3.8) is 0 Å². The van der Waals surface area contributed by atoms with Gasteiger partial charge in [0.05, 0.1) is 11.7 Å². The first-order valence-corrected chi connectivity index (χ1v) is 9.86. The lowest BCUT2D eigenvalue weighted by atomic mass is 10.0. The molecule has 0 aliphatic carbocycles. The summed E-state index contributed by atoms with van der Waals surface area (Å²) in [6, 6.07) is 17.7. The lowest BCUT2D eigenvalue weighted by molar-refractivity contribution is 0.329. The molecular formula is C22H27N3S. The number of aryl methyl sites for hydroxylation is 2. The van der Waals surface area contributed by atoms with Crippen LogP contribution in [0.25, 0.3) is 0 Å². The number of anilines is 2. The maximum absolute atomic E-state index is 4.61. The number of benzene rings is 2. The van der Waals surface area contributed by atoms with Gasteiger partial charge in [-0.1, -0.05) is 36.4 Å². The third kappa shape index (κ3) is 4.79. The van der Waals surface area contributed by atoms with Crippen LogP contribution in [-0.2, 0) is 12.8 Å². The van der Waals surface area contributed by atoms with Crippen LogP contribution in [0, 0.1) is 0 Å². The molecule has 1 aliphatic heterocycles. The van der Waals surface area contributed by atoms with E-state index >= 15 is 0 Å². The number of hydrogen-bond acceptors (Lipinski definition) is 4. The fourth-order valence-corrected chi connectivity index (χ4v) is 3.78. The molecule has 0 fully saturated rings. The van der Waals surface area contributed by atoms with Crippen molar-refractivity contribution in [2.45, 2.75) is 25.7 Å². The van der Waals surface area contributed by atoms with Crippen molar-refractivity contribution in [2.24, 2.45) is 4.99 Å². The summed E-state index contributed by atoms with van der Waals surface area (Å²) in [7, 11) is 2.19. The number of nitrogens with zero attached hydrogens (tertiary/aromatic N) is 3. The topological polar surface area (TPSA) is 18.8 Å². The average Bonchev–Trinajstić information content (AvgIpc) is 2.83. The minimum Gasteiger partial charge on any atom is -0.341 e. The van der Waals surface area contributed by atoms with Gasteiger partial charge in [-0.25, -0.2) is 4.99 Å². The lowest BCUT2D eigenvalue weighted by Gasteiger charge is -2.28. The Morgan fingerprint density at radius 3 is 2.15 bits per heavy atom. The molecule has 3 nitrogen and oxygen atoms in total. The number of fused-ring (bicyclic) bond motifs is 2. The first-order valence-electron chi connectivity index (χ1n) is 9.45. The van der Waals surface area contributed by atoms with Crippen LogP contribution in [0.2, 0.25) is 0 Å². The van der Waals surface area contributed by atoms with Crippen molar-refractivity contribution < 1.29 is 0 Å². The Morgan fingerprint density at radius 2 is 1.54 bits per heavy atom. The zero-order valence-electron chi connectivity index (χ0n) is 15.5. The summed E-state index contributed by atoms with van der Waals surface area (Å²) in [5.74, 6) is 0. The molecule has 0 unspecified atom stereocenters. The molecule has 0 aromatic heterocycles. The zero-order valence-corrected chi connectivity index (χ0v) is 16.3. The molecule has 2 aromatic carbocycles. The van der Waals surface area contributed by atoms with Gasteiger partial charge in [0, 0.05) is 17.9 Å². The molecular weight excluding hydrogens is 338 g/mol. The maximum Gasteiger partial charge on any atom is 0.0584 e. The Balaban J connectivity index is 1.66. The maximum atomic E-state index is 4.61. The van der Waals surface area contributed by atoms with E-state index in [9.17, 15) is 0 Å². The molecule has 0 amide bonds. The van der Waals surface area contributed by atoms with Gasteiger partial charge in [0.2, 0.25) is 0 Å². The lowest BCUT2D eigenvalue weighted by Crippen LogP contribution is -2.26. The second-order valence-corrected chi connectivity index (χ2v) is 7.08. The van der Waals surface area contributed by atoms with E-state index < -0.39 is 0 Å². The highest BCUT2D eigenvalue weighted by Crippen LogP contribution is 2.35. The molecule has 0 saturated carbocycles. The summed E-state index contributed by atoms with van der Waals surface area (Å²) in [4.78, 5) is 8.89. The predicted molar refractivity (Wildman–Crippen MR) is 114 cm³/mol. The number of aliphatic imine (C=N–C) groups is 1. The molecule has 4 heteroatoms. The monoisotopic (exact) mass is 365 g/mol. The number of para-hydroxylation sites is 2.